The molecule has 4 aromatic rings. The van der Waals surface area contributed by atoms with E-state index in [-0.39, 0.29) is 41.9 Å². The molecule has 0 saturated carbocycles. The van der Waals surface area contributed by atoms with Gasteiger partial charge in [-0.2, -0.15) is 4.98 Å². The molecule has 1 saturated heterocycles. The fraction of sp³-hybridized carbons (Fsp3) is 0.364. The minimum absolute atomic E-state index is 0.00402. The summed E-state index contributed by atoms with van der Waals surface area (Å²) in [5.41, 5.74) is -0.134. The number of ether oxygens (including phenoxy) is 1. The van der Waals surface area contributed by atoms with E-state index in [4.69, 9.17) is 4.74 Å². The fourth-order valence-electron chi connectivity index (χ4n) is 5.60. The zero-order chi connectivity index (χ0) is 32.4. The van der Waals surface area contributed by atoms with Crippen molar-refractivity contribution in [3.05, 3.63) is 76.5 Å². The third kappa shape index (κ3) is 5.96. The van der Waals surface area contributed by atoms with Crippen molar-refractivity contribution in [2.24, 2.45) is 0 Å². The number of carbonyl (C=O) groups excluding carboxylic acids is 1. The molecule has 0 bridgehead atoms. The summed E-state index contributed by atoms with van der Waals surface area (Å²) < 4.78 is 37.6. The van der Waals surface area contributed by atoms with Crippen molar-refractivity contribution < 1.29 is 23.4 Å². The average Bonchev–Trinajstić information content (AvgIpc) is 3.01. The molecule has 10 nitrogen and oxygen atoms in total. The minimum Gasteiger partial charge on any atom is -0.507 e. The zero-order valence-electron chi connectivity index (χ0n) is 25.8. The number of carbonyl (C=O) groups is 1. The number of aromatic nitrogens is 4. The maximum atomic E-state index is 15.9. The Kier molecular flexibility index (Phi) is 9.12. The van der Waals surface area contributed by atoms with Gasteiger partial charge in [0.05, 0.1) is 28.9 Å². The van der Waals surface area contributed by atoms with E-state index in [1.807, 2.05) is 32.6 Å². The lowest BCUT2D eigenvalue weighted by Gasteiger charge is -2.40. The van der Waals surface area contributed by atoms with E-state index in [9.17, 15) is 14.7 Å². The zero-order valence-corrected chi connectivity index (χ0v) is 25.8. The number of unbranched alkanes of at least 4 members (excludes halogenated alkanes) is 1. The molecule has 0 radical (unpaired) electrons. The fourth-order valence-corrected chi connectivity index (χ4v) is 5.60. The largest absolute Gasteiger partial charge is 0.507 e. The smallest absolute Gasteiger partial charge is 0.409 e. The summed E-state index contributed by atoms with van der Waals surface area (Å²) in [7, 11) is 0. The van der Waals surface area contributed by atoms with Gasteiger partial charge in [-0.25, -0.2) is 27.9 Å². The standard InChI is InChI=1S/C33H36F2N6O4/c1-6-8-16-45-33(44)39-14-15-40(20(5)18-39)30-22-17-24(35)28(26-23(34)10-9-11-25(26)42)37-31(22)41(32(43)38-30)29-21(7-2)12-13-36-27(29)19(3)4/h7,9-13,17,19-20,42H,2,6,8,14-16,18H2,1,3-5H3. The molecule has 1 aromatic carbocycles. The van der Waals surface area contributed by atoms with Crippen LogP contribution in [0.15, 0.2) is 47.9 Å². The lowest BCUT2D eigenvalue weighted by molar-refractivity contribution is 0.0944. The number of aromatic hydroxyl groups is 1. The number of fused-ring (bicyclic) bond motifs is 1. The first-order valence-corrected chi connectivity index (χ1v) is 15.0. The quantitative estimate of drug-likeness (QED) is 0.238. The highest BCUT2D eigenvalue weighted by Gasteiger charge is 2.32. The second-order valence-corrected chi connectivity index (χ2v) is 11.3. The molecule has 4 heterocycles. The van der Waals surface area contributed by atoms with Crippen molar-refractivity contribution in [3.8, 4) is 22.7 Å². The number of piperazine rings is 1. The lowest BCUT2D eigenvalue weighted by Crippen LogP contribution is -2.54. The maximum absolute atomic E-state index is 15.9. The predicted octanol–water partition coefficient (Wildman–Crippen LogP) is 6.04. The van der Waals surface area contributed by atoms with Gasteiger partial charge in [0.25, 0.3) is 0 Å². The number of hydrogen-bond donors (Lipinski definition) is 1. The van der Waals surface area contributed by atoms with E-state index in [0.717, 1.165) is 25.0 Å². The summed E-state index contributed by atoms with van der Waals surface area (Å²) in [5, 5.41) is 10.7. The molecule has 1 atom stereocenters. The van der Waals surface area contributed by atoms with Crippen LogP contribution in [0.5, 0.6) is 5.75 Å². The van der Waals surface area contributed by atoms with E-state index < -0.39 is 40.4 Å². The predicted molar refractivity (Wildman–Crippen MR) is 169 cm³/mol. The van der Waals surface area contributed by atoms with Crippen molar-refractivity contribution in [3.63, 3.8) is 0 Å². The number of phenols is 1. The van der Waals surface area contributed by atoms with E-state index in [1.165, 1.54) is 16.7 Å². The monoisotopic (exact) mass is 618 g/mol. The highest BCUT2D eigenvalue weighted by molar-refractivity contribution is 5.91. The third-order valence-corrected chi connectivity index (χ3v) is 7.89. The average molecular weight is 619 g/mol. The van der Waals surface area contributed by atoms with E-state index in [0.29, 0.717) is 30.1 Å². The van der Waals surface area contributed by atoms with E-state index in [1.54, 1.807) is 23.2 Å². The van der Waals surface area contributed by atoms with Crippen LogP contribution in [0, 0.1) is 11.6 Å². The number of hydrogen-bond acceptors (Lipinski definition) is 8. The summed E-state index contributed by atoms with van der Waals surface area (Å²) in [4.78, 5) is 43.6. The summed E-state index contributed by atoms with van der Waals surface area (Å²) in [5.74, 6) is -2.27. The minimum atomic E-state index is -0.916. The Balaban J connectivity index is 1.73. The van der Waals surface area contributed by atoms with Crippen LogP contribution in [0.4, 0.5) is 19.4 Å². The molecule has 5 rings (SSSR count). The summed E-state index contributed by atoms with van der Waals surface area (Å²) in [6, 6.07) is 6.14. The molecule has 3 aromatic heterocycles. The van der Waals surface area contributed by atoms with Crippen LogP contribution in [0.2, 0.25) is 0 Å². The molecular formula is C33H36F2N6O4. The van der Waals surface area contributed by atoms with Crippen LogP contribution in [-0.4, -0.2) is 67.9 Å². The summed E-state index contributed by atoms with van der Waals surface area (Å²) in [6.07, 6.45) is 4.43. The first-order chi connectivity index (χ1) is 21.6. The van der Waals surface area contributed by atoms with Gasteiger partial charge < -0.3 is 19.6 Å². The highest BCUT2D eigenvalue weighted by atomic mass is 19.1. The molecular weight excluding hydrogens is 582 g/mol. The first-order valence-electron chi connectivity index (χ1n) is 15.0. The summed E-state index contributed by atoms with van der Waals surface area (Å²) >= 11 is 0. The van der Waals surface area contributed by atoms with Crippen molar-refractivity contribution in [2.45, 2.75) is 52.5 Å². The summed E-state index contributed by atoms with van der Waals surface area (Å²) in [6.45, 7) is 12.8. The van der Waals surface area contributed by atoms with Crippen LogP contribution in [0.3, 0.4) is 0 Å². The molecule has 45 heavy (non-hydrogen) atoms. The first kappa shape index (κ1) is 31.6. The molecule has 1 fully saturated rings. The van der Waals surface area contributed by atoms with Gasteiger partial charge in [-0.1, -0.05) is 45.9 Å². The van der Waals surface area contributed by atoms with Gasteiger partial charge in [-0.15, -0.1) is 0 Å². The van der Waals surface area contributed by atoms with Crippen LogP contribution in [0.1, 0.15) is 57.7 Å². The Bertz CT molecular complexity index is 1810. The molecule has 1 amide bonds. The lowest BCUT2D eigenvalue weighted by atomic mass is 10.0. The van der Waals surface area contributed by atoms with Crippen LogP contribution < -0.4 is 10.6 Å². The Labute approximate surface area is 259 Å². The molecule has 0 aliphatic carbocycles. The number of amides is 1. The number of anilines is 1. The Morgan fingerprint density at radius 2 is 1.98 bits per heavy atom. The van der Waals surface area contributed by atoms with Crippen molar-refractivity contribution >= 4 is 29.0 Å². The van der Waals surface area contributed by atoms with Gasteiger partial charge in [0.1, 0.15) is 23.1 Å². The normalized spacial score (nSPS) is 15.1. The maximum Gasteiger partial charge on any atom is 0.409 e. The highest BCUT2D eigenvalue weighted by Crippen LogP contribution is 2.37. The molecule has 1 aliphatic rings. The topological polar surface area (TPSA) is 114 Å². The Morgan fingerprint density at radius 1 is 1.20 bits per heavy atom. The van der Waals surface area contributed by atoms with Crippen molar-refractivity contribution in [1.29, 1.82) is 0 Å². The van der Waals surface area contributed by atoms with Crippen LogP contribution >= 0.6 is 0 Å². The van der Waals surface area contributed by atoms with Gasteiger partial charge >= 0.3 is 11.8 Å². The van der Waals surface area contributed by atoms with Crippen LogP contribution in [0.25, 0.3) is 34.1 Å². The third-order valence-electron chi connectivity index (χ3n) is 7.89. The number of halogens is 2. The Morgan fingerprint density at radius 3 is 2.64 bits per heavy atom. The van der Waals surface area contributed by atoms with Crippen LogP contribution in [-0.2, 0) is 4.74 Å². The Hall–Kier alpha value is -4.87. The van der Waals surface area contributed by atoms with Gasteiger partial charge in [0, 0.05) is 37.4 Å². The molecule has 0 spiro atoms. The number of pyridine rings is 2. The van der Waals surface area contributed by atoms with E-state index in [2.05, 4.69) is 21.5 Å². The molecule has 236 valence electrons. The molecule has 1 N–H and O–H groups in total. The van der Waals surface area contributed by atoms with E-state index >= 15 is 8.78 Å². The van der Waals surface area contributed by atoms with Gasteiger partial charge in [-0.3, -0.25) is 4.98 Å². The molecule has 1 unspecified atom stereocenters. The number of nitrogens with zero attached hydrogens (tertiary/aromatic N) is 6. The number of rotatable bonds is 8. The number of phenolic OH excluding ortho intramolecular Hbond substituents is 1. The van der Waals surface area contributed by atoms with Gasteiger partial charge in [0.15, 0.2) is 11.5 Å². The SMILES string of the molecule is C=Cc1ccnc(C(C)C)c1-n1c(=O)nc(N2CCN(C(=O)OCCCC)CC2C)c2cc(F)c(-c3c(O)cccc3F)nc21. The van der Waals surface area contributed by atoms with Crippen molar-refractivity contribution in [1.82, 2.24) is 24.4 Å². The molecule has 1 aliphatic heterocycles. The second-order valence-electron chi connectivity index (χ2n) is 11.3. The number of benzene rings is 1. The van der Waals surface area contributed by atoms with Crippen molar-refractivity contribution in [2.75, 3.05) is 31.1 Å². The second kappa shape index (κ2) is 13.0. The van der Waals surface area contributed by atoms with Gasteiger partial charge in [-0.05, 0) is 43.5 Å². The van der Waals surface area contributed by atoms with Gasteiger partial charge in [0.2, 0.25) is 0 Å². The molecule has 12 heteroatoms.